The number of carbonyl (C=O) groups is 2. The van der Waals surface area contributed by atoms with E-state index in [1.165, 1.54) is 12.1 Å². The quantitative estimate of drug-likeness (QED) is 0.298. The van der Waals surface area contributed by atoms with E-state index in [9.17, 15) is 9.59 Å². The molecule has 40 heavy (non-hydrogen) atoms. The molecule has 1 saturated heterocycles. The number of nitrogens with one attached hydrogen (secondary N) is 3. The van der Waals surface area contributed by atoms with Crippen LogP contribution in [0.25, 0.3) is 22.2 Å². The lowest BCUT2D eigenvalue weighted by atomic mass is 9.96. The van der Waals surface area contributed by atoms with Crippen LogP contribution in [0.15, 0.2) is 47.6 Å². The van der Waals surface area contributed by atoms with E-state index in [1.807, 2.05) is 26.8 Å². The largest absolute Gasteiger partial charge is 0.354 e. The number of nitrogens with zero attached hydrogens (tertiary/aromatic N) is 5. The van der Waals surface area contributed by atoms with Crippen LogP contribution in [0.3, 0.4) is 0 Å². The van der Waals surface area contributed by atoms with E-state index in [4.69, 9.17) is 4.52 Å². The van der Waals surface area contributed by atoms with Gasteiger partial charge in [0.25, 0.3) is 0 Å². The van der Waals surface area contributed by atoms with Crippen molar-refractivity contribution in [3.05, 3.63) is 66.2 Å². The molecule has 0 atom stereocenters. The number of benzene rings is 1. The fourth-order valence-electron chi connectivity index (χ4n) is 4.63. The van der Waals surface area contributed by atoms with E-state index in [-0.39, 0.29) is 29.8 Å². The zero-order valence-electron chi connectivity index (χ0n) is 22.6. The Kier molecular flexibility index (Phi) is 7.33. The van der Waals surface area contributed by atoms with Gasteiger partial charge in [0.2, 0.25) is 5.91 Å². The van der Waals surface area contributed by atoms with Crippen LogP contribution in [0.2, 0.25) is 0 Å². The maximum atomic E-state index is 15.2. The number of piperidine rings is 1. The number of aromatic amines is 1. The Hall–Kier alpha value is -4.61. The van der Waals surface area contributed by atoms with Gasteiger partial charge >= 0.3 is 11.8 Å². The Morgan fingerprint density at radius 3 is 2.70 bits per heavy atom. The number of carbonyl (C=O) groups excluding carboxylic acids is 2. The third-order valence-electron chi connectivity index (χ3n) is 6.86. The summed E-state index contributed by atoms with van der Waals surface area (Å²) in [5, 5.41) is 17.7. The lowest BCUT2D eigenvalue weighted by molar-refractivity contribution is -0.117. The van der Waals surface area contributed by atoms with Crippen molar-refractivity contribution in [1.82, 2.24) is 36.0 Å². The SMILES string of the molecule is C=CC(=O)NC1CCN(c2n[nH]c3nccc(-c4ccc(CNC(=O)c5nc(C(C)(C)C)no5)c(F)c4)c23)CC1. The maximum absolute atomic E-state index is 15.2. The van der Waals surface area contributed by atoms with Crippen molar-refractivity contribution < 1.29 is 18.5 Å². The number of halogens is 1. The Morgan fingerprint density at radius 2 is 2.02 bits per heavy atom. The lowest BCUT2D eigenvalue weighted by Crippen LogP contribution is -2.44. The van der Waals surface area contributed by atoms with Gasteiger partial charge in [-0.25, -0.2) is 9.37 Å². The summed E-state index contributed by atoms with van der Waals surface area (Å²) in [6.45, 7) is 10.6. The molecular formula is C28H31FN8O3. The minimum Gasteiger partial charge on any atom is -0.354 e. The molecule has 0 unspecified atom stereocenters. The van der Waals surface area contributed by atoms with E-state index in [0.717, 1.165) is 29.6 Å². The second-order valence-corrected chi connectivity index (χ2v) is 10.8. The first kappa shape index (κ1) is 27.0. The minimum atomic E-state index is -0.571. The molecule has 0 saturated carbocycles. The molecule has 4 heterocycles. The molecule has 3 aromatic heterocycles. The molecule has 1 aliphatic rings. The number of aromatic nitrogens is 5. The van der Waals surface area contributed by atoms with Crippen molar-refractivity contribution in [2.24, 2.45) is 0 Å². The van der Waals surface area contributed by atoms with Gasteiger partial charge in [0.15, 0.2) is 17.3 Å². The molecule has 208 valence electrons. The van der Waals surface area contributed by atoms with Gasteiger partial charge in [-0.2, -0.15) is 10.1 Å². The number of anilines is 1. The van der Waals surface area contributed by atoms with E-state index >= 15 is 4.39 Å². The maximum Gasteiger partial charge on any atom is 0.315 e. The van der Waals surface area contributed by atoms with Gasteiger partial charge < -0.3 is 20.1 Å². The molecule has 2 amide bonds. The van der Waals surface area contributed by atoms with E-state index in [1.54, 1.807) is 18.3 Å². The number of H-pyrrole nitrogens is 1. The summed E-state index contributed by atoms with van der Waals surface area (Å²) in [5.41, 5.74) is 1.99. The lowest BCUT2D eigenvalue weighted by Gasteiger charge is -2.32. The van der Waals surface area contributed by atoms with Gasteiger partial charge in [0.1, 0.15) is 5.82 Å². The van der Waals surface area contributed by atoms with Crippen LogP contribution in [0.5, 0.6) is 0 Å². The minimum absolute atomic E-state index is 0.0434. The Labute approximate surface area is 230 Å². The number of rotatable bonds is 7. The molecule has 11 nitrogen and oxygen atoms in total. The molecule has 1 aliphatic heterocycles. The second kappa shape index (κ2) is 10.9. The highest BCUT2D eigenvalue weighted by molar-refractivity contribution is 6.00. The summed E-state index contributed by atoms with van der Waals surface area (Å²) < 4.78 is 20.3. The summed E-state index contributed by atoms with van der Waals surface area (Å²) in [4.78, 5) is 34.8. The number of pyridine rings is 1. The van der Waals surface area contributed by atoms with E-state index < -0.39 is 11.7 Å². The number of hydrogen-bond acceptors (Lipinski definition) is 8. The molecule has 0 spiro atoms. The van der Waals surface area contributed by atoms with Crippen molar-refractivity contribution in [3.8, 4) is 11.1 Å². The average Bonchev–Trinajstić information content (AvgIpc) is 3.61. The first-order valence-corrected chi connectivity index (χ1v) is 13.1. The predicted molar refractivity (Wildman–Crippen MR) is 147 cm³/mol. The first-order chi connectivity index (χ1) is 19.1. The van der Waals surface area contributed by atoms with Crippen LogP contribution in [0.4, 0.5) is 10.2 Å². The van der Waals surface area contributed by atoms with Gasteiger partial charge in [-0.05, 0) is 42.2 Å². The van der Waals surface area contributed by atoms with Crippen LogP contribution in [-0.2, 0) is 16.8 Å². The highest BCUT2D eigenvalue weighted by Gasteiger charge is 2.26. The molecule has 0 aliphatic carbocycles. The van der Waals surface area contributed by atoms with Crippen LogP contribution in [0.1, 0.15) is 55.7 Å². The Bertz CT molecular complexity index is 1560. The van der Waals surface area contributed by atoms with Crippen LogP contribution < -0.4 is 15.5 Å². The van der Waals surface area contributed by atoms with Crippen molar-refractivity contribution in [2.45, 2.75) is 51.6 Å². The van der Waals surface area contributed by atoms with Gasteiger partial charge in [-0.1, -0.05) is 44.6 Å². The molecule has 4 aromatic rings. The molecule has 12 heteroatoms. The van der Waals surface area contributed by atoms with Crippen molar-refractivity contribution >= 4 is 28.7 Å². The molecule has 3 N–H and O–H groups in total. The molecule has 1 fully saturated rings. The van der Waals surface area contributed by atoms with Crippen LogP contribution in [0, 0.1) is 5.82 Å². The summed E-state index contributed by atoms with van der Waals surface area (Å²) in [6, 6.07) is 6.79. The van der Waals surface area contributed by atoms with Gasteiger partial charge in [-0.3, -0.25) is 14.7 Å². The standard InChI is InChI=1S/C28H31FN8O3/c1-5-21(38)32-18-9-12-37(13-10-18)24-22-19(8-11-30-23(22)34-35-24)16-6-7-17(20(29)14-16)15-31-25(39)26-33-27(36-40-26)28(2,3)4/h5-8,11,14,18H,1,9-10,12-13,15H2,2-4H3,(H,31,39)(H,32,38)(H,30,34,35). The summed E-state index contributed by atoms with van der Waals surface area (Å²) >= 11 is 0. The number of hydrogen-bond donors (Lipinski definition) is 3. The second-order valence-electron chi connectivity index (χ2n) is 10.8. The fraction of sp³-hybridized carbons (Fsp3) is 0.357. The topological polar surface area (TPSA) is 142 Å². The average molecular weight is 547 g/mol. The van der Waals surface area contributed by atoms with Crippen molar-refractivity contribution in [1.29, 1.82) is 0 Å². The Morgan fingerprint density at radius 1 is 1.25 bits per heavy atom. The highest BCUT2D eigenvalue weighted by atomic mass is 19.1. The fourth-order valence-corrected chi connectivity index (χ4v) is 4.63. The number of amides is 2. The monoisotopic (exact) mass is 546 g/mol. The Balaban J connectivity index is 1.32. The molecule has 0 bridgehead atoms. The van der Waals surface area contributed by atoms with Crippen molar-refractivity contribution in [2.75, 3.05) is 18.0 Å². The zero-order valence-corrected chi connectivity index (χ0v) is 22.6. The normalized spacial score (nSPS) is 14.3. The van der Waals surface area contributed by atoms with Gasteiger partial charge in [0, 0.05) is 42.9 Å². The zero-order chi connectivity index (χ0) is 28.4. The summed E-state index contributed by atoms with van der Waals surface area (Å²) in [6.07, 6.45) is 4.46. The first-order valence-electron chi connectivity index (χ1n) is 13.1. The van der Waals surface area contributed by atoms with E-state index in [2.05, 4.69) is 47.4 Å². The third kappa shape index (κ3) is 5.56. The number of fused-ring (bicyclic) bond motifs is 1. The molecule has 0 radical (unpaired) electrons. The van der Waals surface area contributed by atoms with E-state index in [0.29, 0.717) is 35.7 Å². The van der Waals surface area contributed by atoms with Crippen LogP contribution >= 0.6 is 0 Å². The van der Waals surface area contributed by atoms with Crippen molar-refractivity contribution in [3.63, 3.8) is 0 Å². The molecular weight excluding hydrogens is 515 g/mol. The van der Waals surface area contributed by atoms with Gasteiger partial charge in [0.05, 0.1) is 5.39 Å². The van der Waals surface area contributed by atoms with Gasteiger partial charge in [-0.15, -0.1) is 0 Å². The highest BCUT2D eigenvalue weighted by Crippen LogP contribution is 2.35. The summed E-state index contributed by atoms with van der Waals surface area (Å²) in [5.74, 6) is -0.229. The van der Waals surface area contributed by atoms with Crippen LogP contribution in [-0.4, -0.2) is 56.3 Å². The third-order valence-corrected chi connectivity index (χ3v) is 6.86. The smallest absolute Gasteiger partial charge is 0.315 e. The summed E-state index contributed by atoms with van der Waals surface area (Å²) in [7, 11) is 0. The predicted octanol–water partition coefficient (Wildman–Crippen LogP) is 3.65. The molecule has 5 rings (SSSR count). The molecule has 1 aromatic carbocycles.